The standard InChI is InChI=1S/C27H31N5O3S/c1-15-14-32(5)31-25(15)17-7-8-20(24(10-17)36(6,34)35)30-22-11-18(12-23(33)19-13-27(19,3)4)29-21-9-16(2)28-26(21)22/h7-8,10-11,14,19H,9,12-13H2,1-6H3,(H,29,30)/t19-/m0/s1. The summed E-state index contributed by atoms with van der Waals surface area (Å²) < 4.78 is 27.3. The van der Waals surface area contributed by atoms with E-state index in [0.717, 1.165) is 34.6 Å². The number of benzene rings is 1. The van der Waals surface area contributed by atoms with Gasteiger partial charge in [-0.3, -0.25) is 19.5 Å². The number of nitrogens with one attached hydrogen (secondary N) is 1. The minimum atomic E-state index is -3.56. The van der Waals surface area contributed by atoms with Crippen molar-refractivity contribution in [1.82, 2.24) is 14.8 Å². The predicted molar refractivity (Wildman–Crippen MR) is 141 cm³/mol. The molecule has 0 radical (unpaired) electrons. The van der Waals surface area contributed by atoms with Gasteiger partial charge in [0.25, 0.3) is 0 Å². The summed E-state index contributed by atoms with van der Waals surface area (Å²) in [7, 11) is -1.73. The number of hydrogen-bond donors (Lipinski definition) is 1. The molecule has 1 fully saturated rings. The van der Waals surface area contributed by atoms with Crippen molar-refractivity contribution in [2.75, 3.05) is 11.6 Å². The first-order chi connectivity index (χ1) is 16.8. The number of Topliss-reactive ketones (excluding diaryl/α,β-unsaturated/α-hetero) is 1. The molecule has 0 spiro atoms. The zero-order valence-corrected chi connectivity index (χ0v) is 22.3. The number of nitrogens with zero attached hydrogens (tertiary/aromatic N) is 4. The van der Waals surface area contributed by atoms with Crippen LogP contribution in [0, 0.1) is 18.3 Å². The van der Waals surface area contributed by atoms with Gasteiger partial charge in [0.05, 0.1) is 33.4 Å². The van der Waals surface area contributed by atoms with Gasteiger partial charge in [0.15, 0.2) is 9.84 Å². The van der Waals surface area contributed by atoms with Crippen LogP contribution in [0.15, 0.2) is 40.4 Å². The zero-order valence-electron chi connectivity index (χ0n) is 21.5. The fraction of sp³-hybridized carbons (Fsp3) is 0.407. The lowest BCUT2D eigenvalue weighted by Gasteiger charge is -2.15. The molecule has 1 aliphatic carbocycles. The molecule has 0 saturated heterocycles. The lowest BCUT2D eigenvalue weighted by molar-refractivity contribution is -0.120. The summed E-state index contributed by atoms with van der Waals surface area (Å²) in [6.07, 6.45) is 4.87. The van der Waals surface area contributed by atoms with E-state index < -0.39 is 9.84 Å². The van der Waals surface area contributed by atoms with Crippen molar-refractivity contribution < 1.29 is 13.2 Å². The fourth-order valence-corrected chi connectivity index (χ4v) is 5.85. The molecule has 8 nitrogen and oxygen atoms in total. The number of carbonyl (C=O) groups is 1. The molecule has 36 heavy (non-hydrogen) atoms. The minimum Gasteiger partial charge on any atom is -0.353 e. The summed E-state index contributed by atoms with van der Waals surface area (Å²) in [6.45, 7) is 8.10. The molecule has 0 unspecified atom stereocenters. The van der Waals surface area contributed by atoms with Crippen LogP contribution in [0.25, 0.3) is 11.3 Å². The van der Waals surface area contributed by atoms with Gasteiger partial charge >= 0.3 is 0 Å². The second-order valence-electron chi connectivity index (χ2n) is 10.8. The molecule has 188 valence electrons. The minimum absolute atomic E-state index is 0.0622. The van der Waals surface area contributed by atoms with Crippen LogP contribution < -0.4 is 5.32 Å². The number of aliphatic imine (C=N–C) groups is 1. The van der Waals surface area contributed by atoms with Gasteiger partial charge < -0.3 is 5.32 Å². The lowest BCUT2D eigenvalue weighted by atomic mass is 10.0. The Morgan fingerprint density at radius 2 is 1.92 bits per heavy atom. The van der Waals surface area contributed by atoms with E-state index in [4.69, 9.17) is 4.98 Å². The van der Waals surface area contributed by atoms with Gasteiger partial charge in [-0.05, 0) is 49.4 Å². The smallest absolute Gasteiger partial charge is 0.177 e. The highest BCUT2D eigenvalue weighted by atomic mass is 32.2. The van der Waals surface area contributed by atoms with E-state index >= 15 is 0 Å². The van der Waals surface area contributed by atoms with Gasteiger partial charge in [0.2, 0.25) is 0 Å². The van der Waals surface area contributed by atoms with Crippen molar-refractivity contribution in [3.05, 3.63) is 47.4 Å². The van der Waals surface area contributed by atoms with E-state index in [1.165, 1.54) is 6.26 Å². The molecule has 2 aliphatic rings. The second kappa shape index (κ2) is 8.37. The van der Waals surface area contributed by atoms with Crippen LogP contribution in [0.3, 0.4) is 0 Å². The average molecular weight is 506 g/mol. The Bertz CT molecular complexity index is 1550. The SMILES string of the molecule is CC1=Nc2c(Nc3ccc(-c4nn(C)cc4C)cc3S(C)(=O)=O)cc(CC(=O)[C@@H]3CC3(C)C)nc2C1. The van der Waals surface area contributed by atoms with Gasteiger partial charge in [0.1, 0.15) is 11.5 Å². The van der Waals surface area contributed by atoms with E-state index in [-0.39, 0.29) is 28.4 Å². The molecule has 0 bridgehead atoms. The largest absolute Gasteiger partial charge is 0.353 e. The van der Waals surface area contributed by atoms with Crippen molar-refractivity contribution in [3.63, 3.8) is 0 Å². The molecule has 1 N–H and O–H groups in total. The van der Waals surface area contributed by atoms with Gasteiger partial charge in [-0.15, -0.1) is 0 Å². The third-order valence-corrected chi connectivity index (χ3v) is 8.17. The third kappa shape index (κ3) is 4.59. The lowest BCUT2D eigenvalue weighted by Crippen LogP contribution is -2.11. The summed E-state index contributed by atoms with van der Waals surface area (Å²) in [4.78, 5) is 22.4. The molecule has 1 saturated carbocycles. The normalized spacial score (nSPS) is 18.1. The van der Waals surface area contributed by atoms with Crippen LogP contribution in [0.5, 0.6) is 0 Å². The highest BCUT2D eigenvalue weighted by molar-refractivity contribution is 7.90. The maximum atomic E-state index is 12.8. The summed E-state index contributed by atoms with van der Waals surface area (Å²) in [5, 5.41) is 7.80. The van der Waals surface area contributed by atoms with E-state index in [0.29, 0.717) is 29.2 Å². The predicted octanol–water partition coefficient (Wildman–Crippen LogP) is 4.74. The molecule has 3 aromatic rings. The molecule has 5 rings (SSSR count). The second-order valence-corrected chi connectivity index (χ2v) is 12.8. The van der Waals surface area contributed by atoms with Crippen LogP contribution in [0.4, 0.5) is 17.1 Å². The number of anilines is 2. The number of carbonyl (C=O) groups excluding carboxylic acids is 1. The summed E-state index contributed by atoms with van der Waals surface area (Å²) in [5.74, 6) is 0.266. The molecule has 2 aromatic heterocycles. The van der Waals surface area contributed by atoms with Crippen LogP contribution in [0.2, 0.25) is 0 Å². The monoisotopic (exact) mass is 505 g/mol. The maximum absolute atomic E-state index is 12.8. The van der Waals surface area contributed by atoms with E-state index in [2.05, 4.69) is 29.3 Å². The molecular weight excluding hydrogens is 474 g/mol. The van der Waals surface area contributed by atoms with Gasteiger partial charge in [-0.2, -0.15) is 5.10 Å². The Hall–Kier alpha value is -3.33. The van der Waals surface area contributed by atoms with Crippen molar-refractivity contribution in [1.29, 1.82) is 0 Å². The third-order valence-electron chi connectivity index (χ3n) is 7.04. The van der Waals surface area contributed by atoms with Crippen molar-refractivity contribution in [3.8, 4) is 11.3 Å². The van der Waals surface area contributed by atoms with Crippen LogP contribution in [-0.2, 0) is 34.5 Å². The van der Waals surface area contributed by atoms with Gasteiger partial charge in [-0.1, -0.05) is 19.9 Å². The van der Waals surface area contributed by atoms with Crippen LogP contribution in [0.1, 0.15) is 44.1 Å². The molecule has 1 aliphatic heterocycles. The van der Waals surface area contributed by atoms with E-state index in [9.17, 15) is 13.2 Å². The Morgan fingerprint density at radius 3 is 2.53 bits per heavy atom. The first-order valence-electron chi connectivity index (χ1n) is 12.0. The van der Waals surface area contributed by atoms with Gasteiger partial charge in [-0.25, -0.2) is 8.42 Å². The van der Waals surface area contributed by atoms with Crippen molar-refractivity contribution >= 4 is 38.4 Å². The van der Waals surface area contributed by atoms with E-state index in [1.54, 1.807) is 16.8 Å². The Balaban J connectivity index is 1.54. The Morgan fingerprint density at radius 1 is 1.19 bits per heavy atom. The van der Waals surface area contributed by atoms with Crippen molar-refractivity contribution in [2.45, 2.75) is 51.9 Å². The summed E-state index contributed by atoms with van der Waals surface area (Å²) in [5.41, 5.74) is 6.69. The molecule has 0 amide bonds. The number of fused-ring (bicyclic) bond motifs is 1. The number of hydrogen-bond acceptors (Lipinski definition) is 7. The topological polar surface area (TPSA) is 106 Å². The number of rotatable bonds is 7. The average Bonchev–Trinajstić information content (AvgIpc) is 3.06. The Kier molecular flexibility index (Phi) is 5.66. The molecule has 3 heterocycles. The maximum Gasteiger partial charge on any atom is 0.177 e. The van der Waals surface area contributed by atoms with Crippen LogP contribution >= 0.6 is 0 Å². The van der Waals surface area contributed by atoms with E-state index in [1.807, 2.05) is 39.2 Å². The summed E-state index contributed by atoms with van der Waals surface area (Å²) in [6, 6.07) is 7.11. The molecular formula is C27H31N5O3S. The molecule has 1 aromatic carbocycles. The zero-order chi connectivity index (χ0) is 26.0. The Labute approximate surface area is 211 Å². The highest BCUT2D eigenvalue weighted by Crippen LogP contribution is 2.52. The van der Waals surface area contributed by atoms with Crippen molar-refractivity contribution in [2.24, 2.45) is 23.4 Å². The highest BCUT2D eigenvalue weighted by Gasteiger charge is 2.49. The first kappa shape index (κ1) is 24.4. The summed E-state index contributed by atoms with van der Waals surface area (Å²) >= 11 is 0. The molecule has 1 atom stereocenters. The van der Waals surface area contributed by atoms with Gasteiger partial charge in [0, 0.05) is 49.5 Å². The number of pyridine rings is 1. The number of aryl methyl sites for hydroxylation is 2. The molecule has 9 heteroatoms. The van der Waals surface area contributed by atoms with Crippen LogP contribution in [-0.4, -0.2) is 40.9 Å². The number of sulfone groups is 1. The number of ketones is 1. The fourth-order valence-electron chi connectivity index (χ4n) is 4.99. The number of aromatic nitrogens is 3. The first-order valence-corrected chi connectivity index (χ1v) is 13.9. The quantitative estimate of drug-likeness (QED) is 0.497.